The Hall–Kier alpha value is -3.22. The van der Waals surface area contributed by atoms with Crippen molar-refractivity contribution < 1.29 is 14.1 Å². The minimum atomic E-state index is -0.609. The number of nitrogens with one attached hydrogen (secondary N) is 1. The smallest absolute Gasteiger partial charge is 0.401 e. The van der Waals surface area contributed by atoms with E-state index in [-0.39, 0.29) is 11.8 Å². The third kappa shape index (κ3) is 5.42. The fraction of sp³-hybridized carbons (Fsp3) is 0.222. The van der Waals surface area contributed by atoms with Crippen molar-refractivity contribution in [2.75, 3.05) is 0 Å². The Morgan fingerprint density at radius 3 is 2.84 bits per heavy atom. The maximum absolute atomic E-state index is 12.2. The molecule has 0 aliphatic rings. The van der Waals surface area contributed by atoms with Crippen LogP contribution in [0, 0.1) is 10.1 Å². The van der Waals surface area contributed by atoms with E-state index in [9.17, 15) is 14.9 Å². The molecule has 1 amide bonds. The summed E-state index contributed by atoms with van der Waals surface area (Å²) in [6.07, 6.45) is 7.33. The van der Waals surface area contributed by atoms with Gasteiger partial charge in [-0.3, -0.25) is 14.9 Å². The number of hydrazone groups is 1. The van der Waals surface area contributed by atoms with Crippen molar-refractivity contribution in [1.29, 1.82) is 0 Å². The van der Waals surface area contributed by atoms with Crippen molar-refractivity contribution in [3.8, 4) is 0 Å². The van der Waals surface area contributed by atoms with Gasteiger partial charge in [0.15, 0.2) is 0 Å². The molecule has 7 nitrogen and oxygen atoms in total. The van der Waals surface area contributed by atoms with E-state index in [1.807, 2.05) is 18.2 Å². The average molecular weight is 341 g/mol. The van der Waals surface area contributed by atoms with E-state index in [4.69, 9.17) is 4.42 Å². The summed E-state index contributed by atoms with van der Waals surface area (Å²) in [6, 6.07) is 10.2. The van der Waals surface area contributed by atoms with Gasteiger partial charge < -0.3 is 4.42 Å². The third-order valence-electron chi connectivity index (χ3n) is 3.44. The summed E-state index contributed by atoms with van der Waals surface area (Å²) >= 11 is 0. The molecule has 1 heterocycles. The number of furan rings is 1. The number of hydrogen-bond donors (Lipinski definition) is 1. The van der Waals surface area contributed by atoms with E-state index in [0.717, 1.165) is 24.8 Å². The molecular formula is C18H19N3O4. The van der Waals surface area contributed by atoms with Gasteiger partial charge in [0.05, 0.1) is 6.07 Å². The van der Waals surface area contributed by atoms with Gasteiger partial charge in [0, 0.05) is 11.8 Å². The summed E-state index contributed by atoms with van der Waals surface area (Å²) in [6.45, 7) is 2.10. The maximum Gasteiger partial charge on any atom is 0.433 e. The lowest BCUT2D eigenvalue weighted by Crippen LogP contribution is -2.19. The van der Waals surface area contributed by atoms with Crippen LogP contribution in [0.1, 0.15) is 41.4 Å². The Bertz CT molecular complexity index is 793. The van der Waals surface area contributed by atoms with Gasteiger partial charge in [-0.2, -0.15) is 5.10 Å². The molecule has 0 fully saturated rings. The van der Waals surface area contributed by atoms with Crippen LogP contribution in [-0.4, -0.2) is 17.0 Å². The number of hydrogen-bond acceptors (Lipinski definition) is 5. The zero-order valence-electron chi connectivity index (χ0n) is 13.8. The molecule has 130 valence electrons. The number of benzene rings is 1. The van der Waals surface area contributed by atoms with Crippen molar-refractivity contribution >= 4 is 24.1 Å². The number of carbonyl (C=O) groups excluding carboxylic acids is 1. The molecule has 0 spiro atoms. The number of nitro groups is 1. The molecular weight excluding hydrogens is 322 g/mol. The molecule has 0 radical (unpaired) electrons. The van der Waals surface area contributed by atoms with Crippen LogP contribution >= 0.6 is 0 Å². The van der Waals surface area contributed by atoms with Crippen LogP contribution in [0.2, 0.25) is 0 Å². The topological polar surface area (TPSA) is 97.7 Å². The first-order valence-electron chi connectivity index (χ1n) is 7.94. The lowest BCUT2D eigenvalue weighted by molar-refractivity contribution is -0.402. The molecule has 0 saturated heterocycles. The highest BCUT2D eigenvalue weighted by molar-refractivity contribution is 5.96. The van der Waals surface area contributed by atoms with Crippen LogP contribution in [-0.2, 0) is 6.42 Å². The molecule has 1 aromatic heterocycles. The highest BCUT2D eigenvalue weighted by Gasteiger charge is 2.10. The Balaban J connectivity index is 1.92. The molecule has 0 aliphatic heterocycles. The van der Waals surface area contributed by atoms with Gasteiger partial charge in [0.1, 0.15) is 10.7 Å². The Morgan fingerprint density at radius 2 is 2.12 bits per heavy atom. The summed E-state index contributed by atoms with van der Waals surface area (Å²) in [5.41, 5.74) is 4.07. The van der Waals surface area contributed by atoms with Crippen molar-refractivity contribution in [2.45, 2.75) is 26.2 Å². The van der Waals surface area contributed by atoms with Crippen LogP contribution in [0.4, 0.5) is 5.88 Å². The van der Waals surface area contributed by atoms with Crippen LogP contribution < -0.4 is 5.43 Å². The normalized spacial score (nSPS) is 11.2. The van der Waals surface area contributed by atoms with E-state index in [1.165, 1.54) is 30.5 Å². The van der Waals surface area contributed by atoms with Gasteiger partial charge in [-0.1, -0.05) is 31.5 Å². The van der Waals surface area contributed by atoms with Crippen LogP contribution in [0.5, 0.6) is 0 Å². The van der Waals surface area contributed by atoms with Crippen LogP contribution in [0.15, 0.2) is 52.0 Å². The standard InChI is InChI=1S/C18H19N3O4/c1-2-3-7-14-8-4-5-10-16(14)18(22)20-19-13-6-9-15-11-12-17(25-15)21(23)24/h4-6,8-13H,2-3,7H2,1H3,(H,20,22). The molecule has 0 atom stereocenters. The van der Waals surface area contributed by atoms with Gasteiger partial charge in [-0.25, -0.2) is 5.43 Å². The van der Waals surface area contributed by atoms with Crippen LogP contribution in [0.3, 0.4) is 0 Å². The lowest BCUT2D eigenvalue weighted by Gasteiger charge is -2.07. The number of unbranched alkanes of at least 4 members (excludes halogenated alkanes) is 1. The average Bonchev–Trinajstić information content (AvgIpc) is 3.09. The molecule has 0 unspecified atom stereocenters. The third-order valence-corrected chi connectivity index (χ3v) is 3.44. The predicted octanol–water partition coefficient (Wildman–Crippen LogP) is 3.96. The Labute approximate surface area is 145 Å². The zero-order valence-corrected chi connectivity index (χ0v) is 13.8. The highest BCUT2D eigenvalue weighted by Crippen LogP contribution is 2.16. The van der Waals surface area contributed by atoms with E-state index in [2.05, 4.69) is 17.5 Å². The minimum Gasteiger partial charge on any atom is -0.401 e. The summed E-state index contributed by atoms with van der Waals surface area (Å²) in [7, 11) is 0. The number of nitrogens with zero attached hydrogens (tertiary/aromatic N) is 2. The van der Waals surface area contributed by atoms with Gasteiger partial charge in [0.25, 0.3) is 5.91 Å². The highest BCUT2D eigenvalue weighted by atomic mass is 16.6. The molecule has 1 N–H and O–H groups in total. The minimum absolute atomic E-state index is 0.273. The van der Waals surface area contributed by atoms with E-state index >= 15 is 0 Å². The quantitative estimate of drug-likeness (QED) is 0.446. The van der Waals surface area contributed by atoms with Crippen molar-refractivity contribution in [2.24, 2.45) is 5.10 Å². The number of carbonyl (C=O) groups is 1. The summed E-state index contributed by atoms with van der Waals surface area (Å²) in [5.74, 6) is -0.270. The number of aryl methyl sites for hydroxylation is 1. The molecule has 0 bridgehead atoms. The molecule has 1 aromatic carbocycles. The number of rotatable bonds is 8. The van der Waals surface area contributed by atoms with Gasteiger partial charge in [-0.05, 0) is 42.7 Å². The number of allylic oxidation sites excluding steroid dienone is 1. The second-order valence-electron chi connectivity index (χ2n) is 5.27. The Kier molecular flexibility index (Phi) is 6.65. The van der Waals surface area contributed by atoms with E-state index < -0.39 is 4.92 Å². The largest absolute Gasteiger partial charge is 0.433 e. The summed E-state index contributed by atoms with van der Waals surface area (Å²) < 4.78 is 4.96. The molecule has 0 aliphatic carbocycles. The first kappa shape index (κ1) is 18.1. The maximum atomic E-state index is 12.2. The molecule has 2 aromatic rings. The lowest BCUT2D eigenvalue weighted by atomic mass is 10.0. The van der Waals surface area contributed by atoms with Crippen molar-refractivity contribution in [3.05, 3.63) is 69.5 Å². The second-order valence-corrected chi connectivity index (χ2v) is 5.27. The summed E-state index contributed by atoms with van der Waals surface area (Å²) in [4.78, 5) is 22.1. The fourth-order valence-corrected chi connectivity index (χ4v) is 2.19. The van der Waals surface area contributed by atoms with Crippen molar-refractivity contribution in [1.82, 2.24) is 5.43 Å². The molecule has 25 heavy (non-hydrogen) atoms. The summed E-state index contributed by atoms with van der Waals surface area (Å²) in [5, 5.41) is 14.3. The van der Waals surface area contributed by atoms with E-state index in [0.29, 0.717) is 11.3 Å². The van der Waals surface area contributed by atoms with Crippen LogP contribution in [0.25, 0.3) is 6.08 Å². The fourth-order valence-electron chi connectivity index (χ4n) is 2.19. The van der Waals surface area contributed by atoms with Gasteiger partial charge in [-0.15, -0.1) is 0 Å². The second kappa shape index (κ2) is 9.17. The SMILES string of the molecule is CCCCc1ccccc1C(=O)NN=CC=Cc1ccc([N+](=O)[O-])o1. The monoisotopic (exact) mass is 341 g/mol. The Morgan fingerprint density at radius 1 is 1.32 bits per heavy atom. The van der Waals surface area contributed by atoms with Gasteiger partial charge in [0.2, 0.25) is 0 Å². The zero-order chi connectivity index (χ0) is 18.1. The first-order valence-corrected chi connectivity index (χ1v) is 7.94. The molecule has 0 saturated carbocycles. The first-order chi connectivity index (χ1) is 12.1. The van der Waals surface area contributed by atoms with E-state index in [1.54, 1.807) is 6.07 Å². The molecule has 2 rings (SSSR count). The van der Waals surface area contributed by atoms with Crippen molar-refractivity contribution in [3.63, 3.8) is 0 Å². The predicted molar refractivity (Wildman–Crippen MR) is 95.4 cm³/mol. The van der Waals surface area contributed by atoms with Gasteiger partial charge >= 0.3 is 5.88 Å². The number of amides is 1. The molecule has 7 heteroatoms.